The first-order chi connectivity index (χ1) is 11.3. The number of nitrogens with one attached hydrogen (secondary N) is 1. The minimum Gasteiger partial charge on any atom is -0.395 e. The first-order valence-electron chi connectivity index (χ1n) is 10.3. The summed E-state index contributed by atoms with van der Waals surface area (Å²) in [4.78, 5) is 0. The number of hydrogen-bond donors (Lipinski definition) is 3. The highest BCUT2D eigenvalue weighted by Crippen LogP contribution is 2.11. The molecule has 0 saturated heterocycles. The fraction of sp³-hybridized carbons (Fsp3) is 1.00. The Balaban J connectivity index is 3.70. The van der Waals surface area contributed by atoms with Crippen molar-refractivity contribution in [2.24, 2.45) is 0 Å². The summed E-state index contributed by atoms with van der Waals surface area (Å²) >= 11 is 0. The van der Waals surface area contributed by atoms with E-state index in [-0.39, 0.29) is 25.3 Å². The molecule has 0 rings (SSSR count). The van der Waals surface area contributed by atoms with Crippen molar-refractivity contribution in [1.29, 1.82) is 0 Å². The summed E-state index contributed by atoms with van der Waals surface area (Å²) in [6.45, 7) is 4.85. The van der Waals surface area contributed by atoms with Gasteiger partial charge in [0.25, 0.3) is 0 Å². The quantitative estimate of drug-likeness (QED) is 0.317. The number of aliphatic hydroxyl groups is 2. The van der Waals surface area contributed by atoms with Crippen LogP contribution in [0.15, 0.2) is 0 Å². The fourth-order valence-corrected chi connectivity index (χ4v) is 3.13. The molecule has 0 aromatic carbocycles. The van der Waals surface area contributed by atoms with Gasteiger partial charge >= 0.3 is 0 Å². The van der Waals surface area contributed by atoms with E-state index in [4.69, 9.17) is 0 Å². The van der Waals surface area contributed by atoms with Crippen molar-refractivity contribution in [3.05, 3.63) is 0 Å². The fourth-order valence-electron chi connectivity index (χ4n) is 3.13. The van der Waals surface area contributed by atoms with Gasteiger partial charge in [-0.1, -0.05) is 90.9 Å². The molecule has 0 amide bonds. The normalized spacial score (nSPS) is 14.1. The Morgan fingerprint density at radius 1 is 0.565 bits per heavy atom. The molecule has 0 saturated carbocycles. The molecule has 3 heteroatoms. The molecule has 0 spiro atoms. The molecule has 3 nitrogen and oxygen atoms in total. The van der Waals surface area contributed by atoms with Crippen LogP contribution in [0.3, 0.4) is 0 Å². The molecular formula is C20H43NO2. The molecule has 2 unspecified atom stereocenters. The third-order valence-electron chi connectivity index (χ3n) is 4.72. The standard InChI is InChI=1S/C20H43NO2/c1-3-5-7-9-11-13-15-19(17-22)21-20(18-23)16-14-12-10-8-6-4-2/h19-23H,3-18H2,1-2H3. The molecule has 3 N–H and O–H groups in total. The molecule has 0 aromatic rings. The van der Waals surface area contributed by atoms with E-state index in [0.29, 0.717) is 0 Å². The molecule has 0 fully saturated rings. The van der Waals surface area contributed by atoms with Gasteiger partial charge in [-0.25, -0.2) is 0 Å². The van der Waals surface area contributed by atoms with Crippen LogP contribution in [-0.4, -0.2) is 35.5 Å². The van der Waals surface area contributed by atoms with Gasteiger partial charge in [0, 0.05) is 12.1 Å². The highest BCUT2D eigenvalue weighted by atomic mass is 16.3. The summed E-state index contributed by atoms with van der Waals surface area (Å²) in [6.07, 6.45) is 17.5. The van der Waals surface area contributed by atoms with E-state index in [1.807, 2.05) is 0 Å². The maximum Gasteiger partial charge on any atom is 0.0584 e. The monoisotopic (exact) mass is 329 g/mol. The largest absolute Gasteiger partial charge is 0.395 e. The van der Waals surface area contributed by atoms with Gasteiger partial charge in [0.1, 0.15) is 0 Å². The van der Waals surface area contributed by atoms with Gasteiger partial charge in [0.05, 0.1) is 13.2 Å². The maximum absolute atomic E-state index is 9.54. The van der Waals surface area contributed by atoms with Crippen LogP contribution in [-0.2, 0) is 0 Å². The van der Waals surface area contributed by atoms with E-state index in [0.717, 1.165) is 12.8 Å². The number of unbranched alkanes of at least 4 members (excludes halogenated alkanes) is 10. The molecule has 0 aliphatic rings. The molecule has 2 atom stereocenters. The van der Waals surface area contributed by atoms with E-state index in [1.54, 1.807) is 0 Å². The van der Waals surface area contributed by atoms with Gasteiger partial charge in [0.15, 0.2) is 0 Å². The smallest absolute Gasteiger partial charge is 0.0584 e. The SMILES string of the molecule is CCCCCCCCC(CO)NC(CO)CCCCCCCC. The molecule has 140 valence electrons. The van der Waals surface area contributed by atoms with Crippen LogP contribution in [0, 0.1) is 0 Å². The van der Waals surface area contributed by atoms with Gasteiger partial charge in [-0.3, -0.25) is 0 Å². The van der Waals surface area contributed by atoms with Crippen molar-refractivity contribution < 1.29 is 10.2 Å². The number of rotatable bonds is 18. The minimum absolute atomic E-state index is 0.151. The Labute approximate surface area is 145 Å². The Morgan fingerprint density at radius 2 is 0.913 bits per heavy atom. The van der Waals surface area contributed by atoms with E-state index in [1.165, 1.54) is 77.0 Å². The van der Waals surface area contributed by atoms with Gasteiger partial charge in [0.2, 0.25) is 0 Å². The third-order valence-corrected chi connectivity index (χ3v) is 4.72. The lowest BCUT2D eigenvalue weighted by Gasteiger charge is -2.23. The Kier molecular flexibility index (Phi) is 18.1. The van der Waals surface area contributed by atoms with E-state index in [2.05, 4.69) is 19.2 Å². The van der Waals surface area contributed by atoms with Gasteiger partial charge < -0.3 is 15.5 Å². The van der Waals surface area contributed by atoms with Crippen LogP contribution >= 0.6 is 0 Å². The minimum atomic E-state index is 0.151. The van der Waals surface area contributed by atoms with Crippen molar-refractivity contribution in [2.45, 2.75) is 116 Å². The second kappa shape index (κ2) is 18.2. The molecular weight excluding hydrogens is 286 g/mol. The Bertz CT molecular complexity index is 202. The molecule has 0 aliphatic heterocycles. The van der Waals surface area contributed by atoms with Crippen molar-refractivity contribution in [3.8, 4) is 0 Å². The van der Waals surface area contributed by atoms with Crippen LogP contribution in [0.4, 0.5) is 0 Å². The first kappa shape index (κ1) is 22.9. The van der Waals surface area contributed by atoms with Crippen LogP contribution in [0.25, 0.3) is 0 Å². The predicted octanol–water partition coefficient (Wildman–Crippen LogP) is 4.80. The number of aliphatic hydroxyl groups excluding tert-OH is 2. The van der Waals surface area contributed by atoms with Gasteiger partial charge in [-0.15, -0.1) is 0 Å². The van der Waals surface area contributed by atoms with E-state index >= 15 is 0 Å². The summed E-state index contributed by atoms with van der Waals surface area (Å²) in [7, 11) is 0. The maximum atomic E-state index is 9.54. The summed E-state index contributed by atoms with van der Waals surface area (Å²) in [5, 5.41) is 22.5. The van der Waals surface area contributed by atoms with Crippen LogP contribution in [0.2, 0.25) is 0 Å². The molecule has 0 radical (unpaired) electrons. The lowest BCUT2D eigenvalue weighted by molar-refractivity contribution is 0.180. The molecule has 0 aliphatic carbocycles. The lowest BCUT2D eigenvalue weighted by Crippen LogP contribution is -2.42. The van der Waals surface area contributed by atoms with E-state index in [9.17, 15) is 10.2 Å². The molecule has 0 bridgehead atoms. The van der Waals surface area contributed by atoms with Crippen molar-refractivity contribution in [2.75, 3.05) is 13.2 Å². The summed E-state index contributed by atoms with van der Waals surface area (Å²) in [5.74, 6) is 0. The molecule has 23 heavy (non-hydrogen) atoms. The second-order valence-corrected chi connectivity index (χ2v) is 7.04. The summed E-state index contributed by atoms with van der Waals surface area (Å²) < 4.78 is 0. The van der Waals surface area contributed by atoms with Crippen LogP contribution < -0.4 is 5.32 Å². The summed E-state index contributed by atoms with van der Waals surface area (Å²) in [6, 6.07) is 0.303. The van der Waals surface area contributed by atoms with Gasteiger partial charge in [-0.2, -0.15) is 0 Å². The van der Waals surface area contributed by atoms with Gasteiger partial charge in [-0.05, 0) is 12.8 Å². The zero-order valence-corrected chi connectivity index (χ0v) is 15.9. The van der Waals surface area contributed by atoms with Crippen molar-refractivity contribution in [1.82, 2.24) is 5.32 Å². The van der Waals surface area contributed by atoms with Crippen molar-refractivity contribution >= 4 is 0 Å². The lowest BCUT2D eigenvalue weighted by atomic mass is 10.0. The average molecular weight is 330 g/mol. The average Bonchev–Trinajstić information content (AvgIpc) is 2.58. The molecule has 0 aromatic heterocycles. The Hall–Kier alpha value is -0.120. The molecule has 0 heterocycles. The third kappa shape index (κ3) is 15.2. The van der Waals surface area contributed by atoms with Crippen LogP contribution in [0.1, 0.15) is 104 Å². The highest BCUT2D eigenvalue weighted by molar-refractivity contribution is 4.73. The van der Waals surface area contributed by atoms with E-state index < -0.39 is 0 Å². The van der Waals surface area contributed by atoms with Crippen LogP contribution in [0.5, 0.6) is 0 Å². The first-order valence-corrected chi connectivity index (χ1v) is 10.3. The zero-order chi connectivity index (χ0) is 17.2. The second-order valence-electron chi connectivity index (χ2n) is 7.04. The van der Waals surface area contributed by atoms with Crippen molar-refractivity contribution in [3.63, 3.8) is 0 Å². The summed E-state index contributed by atoms with van der Waals surface area (Å²) in [5.41, 5.74) is 0. The number of hydrogen-bond acceptors (Lipinski definition) is 3. The Morgan fingerprint density at radius 3 is 1.26 bits per heavy atom. The predicted molar refractivity (Wildman–Crippen MR) is 101 cm³/mol. The topological polar surface area (TPSA) is 52.5 Å². The highest BCUT2D eigenvalue weighted by Gasteiger charge is 2.13. The zero-order valence-electron chi connectivity index (χ0n) is 15.9.